The Hall–Kier alpha value is -1.24. The number of ether oxygens (including phenoxy) is 1. The Balaban J connectivity index is 2.05. The van der Waals surface area contributed by atoms with E-state index in [9.17, 15) is 0 Å². The molecule has 1 fully saturated rings. The second kappa shape index (κ2) is 3.38. The van der Waals surface area contributed by atoms with Crippen LogP contribution in [-0.2, 0) is 4.74 Å². The first-order chi connectivity index (χ1) is 7.69. The topological polar surface area (TPSA) is 9.23 Å². The van der Waals surface area contributed by atoms with Gasteiger partial charge in [-0.15, -0.1) is 0 Å². The third-order valence-electron chi connectivity index (χ3n) is 3.99. The summed E-state index contributed by atoms with van der Waals surface area (Å²) in [7, 11) is 0. The molecule has 0 radical (unpaired) electrons. The van der Waals surface area contributed by atoms with Crippen LogP contribution < -0.4 is 0 Å². The largest absolute Gasteiger partial charge is 0.486 e. The quantitative estimate of drug-likeness (QED) is 0.596. The van der Waals surface area contributed by atoms with Crippen molar-refractivity contribution >= 4 is 0 Å². The molecular formula is C15H18O. The van der Waals surface area contributed by atoms with Gasteiger partial charge in [0.25, 0.3) is 0 Å². The van der Waals surface area contributed by atoms with Gasteiger partial charge in [0.15, 0.2) is 0 Å². The van der Waals surface area contributed by atoms with Crippen molar-refractivity contribution < 1.29 is 4.74 Å². The van der Waals surface area contributed by atoms with Gasteiger partial charge in [0.1, 0.15) is 11.9 Å². The average molecular weight is 214 g/mol. The Morgan fingerprint density at radius 3 is 2.75 bits per heavy atom. The highest BCUT2D eigenvalue weighted by Crippen LogP contribution is 2.49. The van der Waals surface area contributed by atoms with Gasteiger partial charge in [-0.05, 0) is 30.6 Å². The lowest BCUT2D eigenvalue weighted by Gasteiger charge is -2.46. The molecule has 2 atom stereocenters. The standard InChI is InChI=1S/C15H18O/c1-15(2)11-7-3-5-9-13(11)16-14-10-6-4-8-12(14)15/h3,5,7-11,13H,4,6H2,1-2H3. The van der Waals surface area contributed by atoms with Gasteiger partial charge in [-0.2, -0.15) is 0 Å². The van der Waals surface area contributed by atoms with Crippen LogP contribution in [0.2, 0.25) is 0 Å². The van der Waals surface area contributed by atoms with Gasteiger partial charge < -0.3 is 4.74 Å². The van der Waals surface area contributed by atoms with Crippen LogP contribution in [0.25, 0.3) is 0 Å². The van der Waals surface area contributed by atoms with Crippen LogP contribution in [0.1, 0.15) is 26.7 Å². The first-order valence-electron chi connectivity index (χ1n) is 6.12. The molecule has 0 aromatic carbocycles. The summed E-state index contributed by atoms with van der Waals surface area (Å²) in [6, 6.07) is 0. The smallest absolute Gasteiger partial charge is 0.124 e. The molecule has 1 nitrogen and oxygen atoms in total. The molecule has 0 amide bonds. The monoisotopic (exact) mass is 214 g/mol. The minimum absolute atomic E-state index is 0.191. The molecule has 0 N–H and O–H groups in total. The average Bonchev–Trinajstić information content (AvgIpc) is 2.29. The van der Waals surface area contributed by atoms with Crippen molar-refractivity contribution in [2.24, 2.45) is 11.3 Å². The molecule has 1 aliphatic heterocycles. The summed E-state index contributed by atoms with van der Waals surface area (Å²) in [6.45, 7) is 4.67. The SMILES string of the molecule is CC1(C)C2=CCCC=C2OC2C=CC=CC21. The Bertz CT molecular complexity index is 421. The predicted molar refractivity (Wildman–Crippen MR) is 65.8 cm³/mol. The van der Waals surface area contributed by atoms with Crippen molar-refractivity contribution in [2.75, 3.05) is 0 Å². The Morgan fingerprint density at radius 1 is 1.12 bits per heavy atom. The maximum absolute atomic E-state index is 6.08. The minimum Gasteiger partial charge on any atom is -0.486 e. The molecule has 1 heteroatoms. The summed E-state index contributed by atoms with van der Waals surface area (Å²) in [5.74, 6) is 1.59. The maximum Gasteiger partial charge on any atom is 0.124 e. The van der Waals surface area contributed by atoms with Crippen LogP contribution in [0.3, 0.4) is 0 Å². The first-order valence-corrected chi connectivity index (χ1v) is 6.12. The van der Waals surface area contributed by atoms with E-state index in [1.807, 2.05) is 0 Å². The minimum atomic E-state index is 0.191. The molecule has 16 heavy (non-hydrogen) atoms. The second-order valence-corrected chi connectivity index (χ2v) is 5.36. The van der Waals surface area contributed by atoms with Gasteiger partial charge in [-0.25, -0.2) is 0 Å². The molecule has 0 bridgehead atoms. The molecular weight excluding hydrogens is 196 g/mol. The van der Waals surface area contributed by atoms with Gasteiger partial charge in [0.2, 0.25) is 0 Å². The molecule has 3 rings (SSSR count). The Kier molecular flexibility index (Phi) is 2.10. The number of rotatable bonds is 0. The van der Waals surface area contributed by atoms with E-state index in [4.69, 9.17) is 4.74 Å². The van der Waals surface area contributed by atoms with Crippen LogP contribution in [0.5, 0.6) is 0 Å². The van der Waals surface area contributed by atoms with E-state index in [1.54, 1.807) is 0 Å². The van der Waals surface area contributed by atoms with Crippen LogP contribution in [-0.4, -0.2) is 6.10 Å². The number of allylic oxidation sites excluding steroid dienone is 5. The molecule has 1 saturated heterocycles. The van der Waals surface area contributed by atoms with Gasteiger partial charge in [-0.3, -0.25) is 0 Å². The predicted octanol–water partition coefficient (Wildman–Crippen LogP) is 3.76. The van der Waals surface area contributed by atoms with Crippen molar-refractivity contribution in [3.63, 3.8) is 0 Å². The highest BCUT2D eigenvalue weighted by molar-refractivity contribution is 5.40. The second-order valence-electron chi connectivity index (χ2n) is 5.36. The van der Waals surface area contributed by atoms with Crippen molar-refractivity contribution in [2.45, 2.75) is 32.8 Å². The highest BCUT2D eigenvalue weighted by atomic mass is 16.5. The fourth-order valence-electron chi connectivity index (χ4n) is 3.02. The molecule has 2 unspecified atom stereocenters. The molecule has 0 aromatic heterocycles. The van der Waals surface area contributed by atoms with E-state index < -0.39 is 0 Å². The van der Waals surface area contributed by atoms with Crippen molar-refractivity contribution in [1.29, 1.82) is 0 Å². The lowest BCUT2D eigenvalue weighted by molar-refractivity contribution is 0.0387. The van der Waals surface area contributed by atoms with E-state index >= 15 is 0 Å². The molecule has 0 spiro atoms. The lowest BCUT2D eigenvalue weighted by atomic mass is 9.66. The zero-order valence-corrected chi connectivity index (χ0v) is 9.94. The molecule has 3 aliphatic rings. The summed E-state index contributed by atoms with van der Waals surface area (Å²) in [5.41, 5.74) is 1.59. The van der Waals surface area contributed by atoms with Gasteiger partial charge >= 0.3 is 0 Å². The molecule has 0 saturated carbocycles. The van der Waals surface area contributed by atoms with Crippen LogP contribution in [0, 0.1) is 11.3 Å². The van der Waals surface area contributed by atoms with Crippen LogP contribution in [0.4, 0.5) is 0 Å². The van der Waals surface area contributed by atoms with E-state index in [1.165, 1.54) is 5.57 Å². The summed E-state index contributed by atoms with van der Waals surface area (Å²) in [6.07, 6.45) is 15.8. The first kappa shape index (κ1) is 9.95. The number of hydrogen-bond acceptors (Lipinski definition) is 1. The van der Waals surface area contributed by atoms with Gasteiger partial charge in [0.05, 0.1) is 0 Å². The third-order valence-corrected chi connectivity index (χ3v) is 3.99. The normalized spacial score (nSPS) is 34.4. The van der Waals surface area contributed by atoms with Crippen LogP contribution >= 0.6 is 0 Å². The van der Waals surface area contributed by atoms with E-state index in [0.29, 0.717) is 5.92 Å². The van der Waals surface area contributed by atoms with Crippen LogP contribution in [0.15, 0.2) is 47.8 Å². The fraction of sp³-hybridized carbons (Fsp3) is 0.467. The summed E-state index contributed by atoms with van der Waals surface area (Å²) < 4.78 is 6.08. The van der Waals surface area contributed by atoms with Crippen molar-refractivity contribution in [1.82, 2.24) is 0 Å². The molecule has 1 heterocycles. The van der Waals surface area contributed by atoms with E-state index in [0.717, 1.165) is 18.6 Å². The maximum atomic E-state index is 6.08. The lowest BCUT2D eigenvalue weighted by Crippen LogP contribution is -2.41. The van der Waals surface area contributed by atoms with Gasteiger partial charge in [-0.1, -0.05) is 38.2 Å². The zero-order chi connectivity index (χ0) is 11.2. The van der Waals surface area contributed by atoms with Gasteiger partial charge in [0, 0.05) is 11.3 Å². The highest BCUT2D eigenvalue weighted by Gasteiger charge is 2.44. The van der Waals surface area contributed by atoms with Crippen molar-refractivity contribution in [3.05, 3.63) is 47.8 Å². The Labute approximate surface area is 97.2 Å². The third kappa shape index (κ3) is 1.31. The Morgan fingerprint density at radius 2 is 1.88 bits per heavy atom. The molecule has 0 aromatic rings. The summed E-state index contributed by atoms with van der Waals surface area (Å²) in [5, 5.41) is 0. The molecule has 2 aliphatic carbocycles. The zero-order valence-electron chi connectivity index (χ0n) is 9.94. The molecule has 84 valence electrons. The van der Waals surface area contributed by atoms with E-state index in [2.05, 4.69) is 50.3 Å². The fourth-order valence-corrected chi connectivity index (χ4v) is 3.02. The van der Waals surface area contributed by atoms with Crippen molar-refractivity contribution in [3.8, 4) is 0 Å². The van der Waals surface area contributed by atoms with E-state index in [-0.39, 0.29) is 11.5 Å². The number of fused-ring (bicyclic) bond motifs is 2. The summed E-state index contributed by atoms with van der Waals surface area (Å²) >= 11 is 0. The number of hydrogen-bond donors (Lipinski definition) is 0. The summed E-state index contributed by atoms with van der Waals surface area (Å²) in [4.78, 5) is 0.